The minimum atomic E-state index is 0.250. The lowest BCUT2D eigenvalue weighted by atomic mass is 9.71. The van der Waals surface area contributed by atoms with Crippen LogP contribution in [-0.4, -0.2) is 34.5 Å². The molecule has 3 heterocycles. The average molecular weight is 488 g/mol. The van der Waals surface area contributed by atoms with E-state index in [1.165, 1.54) is 71.8 Å². The Balaban J connectivity index is 0.000000674. The first-order chi connectivity index (χ1) is 17.5. The summed E-state index contributed by atoms with van der Waals surface area (Å²) < 4.78 is 2.52. The maximum Gasteiger partial charge on any atom is 0.204 e. The van der Waals surface area contributed by atoms with E-state index in [0.29, 0.717) is 0 Å². The molecule has 2 aliphatic heterocycles. The van der Waals surface area contributed by atoms with Crippen molar-refractivity contribution in [3.63, 3.8) is 0 Å². The van der Waals surface area contributed by atoms with E-state index in [4.69, 9.17) is 4.79 Å². The van der Waals surface area contributed by atoms with Crippen molar-refractivity contribution in [3.05, 3.63) is 78.0 Å². The van der Waals surface area contributed by atoms with Gasteiger partial charge in [-0.15, -0.1) is 0 Å². The molecule has 3 fully saturated rings. The topological polar surface area (TPSA) is 51.3 Å². The number of hydrogen-bond acceptors (Lipinski definition) is 2. The van der Waals surface area contributed by atoms with Gasteiger partial charge < -0.3 is 10.3 Å². The normalized spacial score (nSPS) is 20.4. The molecule has 6 rings (SSSR count). The van der Waals surface area contributed by atoms with Crippen molar-refractivity contribution in [1.82, 2.24) is 9.47 Å². The van der Waals surface area contributed by atoms with Gasteiger partial charge in [0.05, 0.1) is 5.52 Å². The highest BCUT2D eigenvalue weighted by atomic mass is 16.1. The number of allylic oxidation sites excluding steroid dienone is 1. The molecule has 1 aliphatic carbocycles. The van der Waals surface area contributed by atoms with Gasteiger partial charge in [-0.25, -0.2) is 0 Å². The van der Waals surface area contributed by atoms with Crippen LogP contribution in [0.25, 0.3) is 16.5 Å². The molecule has 36 heavy (non-hydrogen) atoms. The number of primary amides is 1. The van der Waals surface area contributed by atoms with Crippen LogP contribution in [-0.2, 0) is 17.8 Å². The molecule has 2 atom stereocenters. The summed E-state index contributed by atoms with van der Waals surface area (Å²) in [5.74, 6) is 0.816. The fourth-order valence-corrected chi connectivity index (χ4v) is 6.25. The van der Waals surface area contributed by atoms with Crippen LogP contribution in [0.1, 0.15) is 69.6 Å². The lowest BCUT2D eigenvalue weighted by molar-refractivity contribution is -0.106. The summed E-state index contributed by atoms with van der Waals surface area (Å²) in [4.78, 5) is 11.4. The zero-order valence-corrected chi connectivity index (χ0v) is 22.7. The van der Waals surface area contributed by atoms with Crippen molar-refractivity contribution in [3.8, 4) is 0 Å². The predicted molar refractivity (Wildman–Crippen MR) is 154 cm³/mol. The second kappa shape index (κ2) is 13.5. The Morgan fingerprint density at radius 3 is 2.33 bits per heavy atom. The maximum atomic E-state index is 8.58. The van der Waals surface area contributed by atoms with Gasteiger partial charge in [0.25, 0.3) is 0 Å². The summed E-state index contributed by atoms with van der Waals surface area (Å²) in [6.07, 6.45) is 10.3. The van der Waals surface area contributed by atoms with Crippen LogP contribution < -0.4 is 5.73 Å². The number of aryl methyl sites for hydroxylation is 3. The molecule has 1 saturated carbocycles. The molecule has 2 N–H and O–H groups in total. The second-order valence-corrected chi connectivity index (χ2v) is 9.95. The first-order valence-corrected chi connectivity index (χ1v) is 13.8. The van der Waals surface area contributed by atoms with E-state index in [9.17, 15) is 0 Å². The van der Waals surface area contributed by atoms with E-state index in [1.807, 2.05) is 13.8 Å². The molecule has 3 aromatic rings. The Bertz CT molecular complexity index is 1110. The molecule has 2 bridgehead atoms. The second-order valence-electron chi connectivity index (χ2n) is 9.95. The number of carbonyl (C=O) groups excluding carboxylic acids is 1. The molecule has 194 valence electrons. The van der Waals surface area contributed by atoms with E-state index in [2.05, 4.69) is 90.4 Å². The van der Waals surface area contributed by atoms with E-state index in [-0.39, 0.29) is 6.41 Å². The van der Waals surface area contributed by atoms with Crippen molar-refractivity contribution in [2.45, 2.75) is 84.8 Å². The molecule has 2 aromatic carbocycles. The minimum Gasteiger partial charge on any atom is -0.372 e. The molecule has 0 radical (unpaired) electrons. The van der Waals surface area contributed by atoms with Crippen LogP contribution in [0.4, 0.5) is 0 Å². The molecule has 0 spiro atoms. The zero-order valence-electron chi connectivity index (χ0n) is 22.7. The van der Waals surface area contributed by atoms with Gasteiger partial charge in [0, 0.05) is 36.8 Å². The number of carbonyl (C=O) groups is 1. The van der Waals surface area contributed by atoms with Gasteiger partial charge in [0.1, 0.15) is 0 Å². The molecule has 3 aliphatic rings. The van der Waals surface area contributed by atoms with Crippen molar-refractivity contribution >= 4 is 22.9 Å². The number of aromatic nitrogens is 1. The zero-order chi connectivity index (χ0) is 26.1. The number of nitrogens with zero attached hydrogens (tertiary/aromatic N) is 2. The van der Waals surface area contributed by atoms with Gasteiger partial charge in [-0.2, -0.15) is 0 Å². The van der Waals surface area contributed by atoms with Crippen molar-refractivity contribution in [1.29, 1.82) is 0 Å². The molecule has 1 aromatic heterocycles. The Kier molecular flexibility index (Phi) is 10.4. The molecular weight excluding hydrogens is 442 g/mol. The van der Waals surface area contributed by atoms with Gasteiger partial charge in [-0.3, -0.25) is 9.69 Å². The number of amides is 1. The first-order valence-electron chi connectivity index (χ1n) is 13.8. The van der Waals surface area contributed by atoms with Gasteiger partial charge >= 0.3 is 0 Å². The summed E-state index contributed by atoms with van der Waals surface area (Å²) >= 11 is 0. The third-order valence-corrected chi connectivity index (χ3v) is 7.79. The summed E-state index contributed by atoms with van der Waals surface area (Å²) in [7, 11) is 0. The molecular formula is C32H45N3O. The number of hydrogen-bond donors (Lipinski definition) is 1. The largest absolute Gasteiger partial charge is 0.372 e. The predicted octanol–water partition coefficient (Wildman–Crippen LogP) is 6.99. The van der Waals surface area contributed by atoms with Crippen LogP contribution in [0.15, 0.2) is 61.3 Å². The molecule has 4 heteroatoms. The van der Waals surface area contributed by atoms with Gasteiger partial charge in [0.2, 0.25) is 6.41 Å². The van der Waals surface area contributed by atoms with Crippen molar-refractivity contribution in [2.24, 2.45) is 11.7 Å². The smallest absolute Gasteiger partial charge is 0.204 e. The fraction of sp³-hybridized carbons (Fsp3) is 0.469. The number of para-hydroxylation sites is 1. The minimum absolute atomic E-state index is 0.250. The number of fused-ring (bicyclic) bond motifs is 3. The van der Waals surface area contributed by atoms with Crippen molar-refractivity contribution < 1.29 is 4.79 Å². The van der Waals surface area contributed by atoms with Gasteiger partial charge in [-0.1, -0.05) is 75.9 Å². The molecule has 2 saturated heterocycles. The Labute approximate surface area is 218 Å². The highest BCUT2D eigenvalue weighted by Gasteiger charge is 2.44. The van der Waals surface area contributed by atoms with E-state index < -0.39 is 0 Å². The number of rotatable bonds is 8. The summed E-state index contributed by atoms with van der Waals surface area (Å²) in [5, 5.41) is 1.43. The Morgan fingerprint density at radius 2 is 1.69 bits per heavy atom. The van der Waals surface area contributed by atoms with Gasteiger partial charge in [0.15, 0.2) is 0 Å². The van der Waals surface area contributed by atoms with Crippen LogP contribution >= 0.6 is 0 Å². The molecule has 4 nitrogen and oxygen atoms in total. The monoisotopic (exact) mass is 487 g/mol. The Morgan fingerprint density at radius 1 is 1.03 bits per heavy atom. The van der Waals surface area contributed by atoms with Crippen molar-refractivity contribution in [2.75, 3.05) is 6.54 Å². The maximum absolute atomic E-state index is 8.58. The fourth-order valence-electron chi connectivity index (χ4n) is 6.25. The third kappa shape index (κ3) is 6.28. The summed E-state index contributed by atoms with van der Waals surface area (Å²) in [6, 6.07) is 19.1. The van der Waals surface area contributed by atoms with Gasteiger partial charge in [-0.05, 0) is 73.6 Å². The number of piperidine rings is 1. The number of nitrogens with two attached hydrogens (primary N) is 1. The lowest BCUT2D eigenvalue weighted by Crippen LogP contribution is -2.60. The number of benzene rings is 2. The lowest BCUT2D eigenvalue weighted by Gasteiger charge is -2.56. The SMILES string of the molecule is C=C(CC1CC2CC(C1)N2CCCn1cc(C)c2cccc(CC)c21)c1ccccc1.CC.NC=O. The average Bonchev–Trinajstić information content (AvgIpc) is 3.24. The van der Waals surface area contributed by atoms with Crippen LogP contribution in [0.2, 0.25) is 0 Å². The van der Waals surface area contributed by atoms with E-state index >= 15 is 0 Å². The summed E-state index contributed by atoms with van der Waals surface area (Å²) in [5.41, 5.74) is 11.2. The third-order valence-electron chi connectivity index (χ3n) is 7.79. The highest BCUT2D eigenvalue weighted by molar-refractivity contribution is 5.86. The van der Waals surface area contributed by atoms with Crippen LogP contribution in [0.3, 0.4) is 0 Å². The standard InChI is InChI=1S/C29H36N2.C2H6.CH3NO/c1-4-24-12-8-13-28-22(3)20-30(29(24)28)14-9-15-31-26-17-23(18-27(31)19-26)16-21(2)25-10-6-5-7-11-25;1-2;2-1-3/h5-8,10-13,20,23,26-27H,2,4,9,14-19H2,1,3H3;1-2H3;1H,(H2,2,3). The van der Waals surface area contributed by atoms with Crippen LogP contribution in [0, 0.1) is 12.8 Å². The molecule has 1 amide bonds. The Hall–Kier alpha value is -2.85. The van der Waals surface area contributed by atoms with E-state index in [0.717, 1.165) is 31.0 Å². The first kappa shape index (κ1) is 27.7. The highest BCUT2D eigenvalue weighted by Crippen LogP contribution is 2.44. The van der Waals surface area contributed by atoms with Crippen LogP contribution in [0.5, 0.6) is 0 Å². The molecule has 2 unspecified atom stereocenters. The quantitative estimate of drug-likeness (QED) is 0.348. The van der Waals surface area contributed by atoms with E-state index in [1.54, 1.807) is 0 Å². The summed E-state index contributed by atoms with van der Waals surface area (Å²) in [6.45, 7) is 15.3.